The standard InChI is InChI=1S/C22H19N5O3S/c1-29-11-5-6-13-15(9-11)26-22(25-13)31-18-8-7-17(30-18)19-12-10-23-27-21(12)24-14-3-2-4-16(28)20(14)19/h5-10,19-20H,2-4H2,1H3,(H,23,27)(H,25,26). The molecule has 2 atom stereocenters. The monoisotopic (exact) mass is 433 g/mol. The van der Waals surface area contributed by atoms with Crippen LogP contribution in [-0.2, 0) is 4.79 Å². The molecule has 31 heavy (non-hydrogen) atoms. The molecular weight excluding hydrogens is 414 g/mol. The lowest BCUT2D eigenvalue weighted by molar-refractivity contribution is -0.122. The fourth-order valence-electron chi connectivity index (χ4n) is 4.48. The van der Waals surface area contributed by atoms with Gasteiger partial charge in [0.25, 0.3) is 0 Å². The number of Topliss-reactive ketones (excluding diaryl/α,β-unsaturated/α-hetero) is 1. The molecule has 0 bridgehead atoms. The number of carbonyl (C=O) groups is 1. The number of aliphatic imine (C=N–C) groups is 1. The number of aromatic amines is 2. The predicted molar refractivity (Wildman–Crippen MR) is 115 cm³/mol. The van der Waals surface area contributed by atoms with Crippen molar-refractivity contribution in [1.29, 1.82) is 0 Å². The second kappa shape index (κ2) is 7.12. The number of fused-ring (bicyclic) bond motifs is 3. The highest BCUT2D eigenvalue weighted by atomic mass is 32.2. The van der Waals surface area contributed by atoms with E-state index in [-0.39, 0.29) is 17.6 Å². The molecule has 0 amide bonds. The highest BCUT2D eigenvalue weighted by Gasteiger charge is 2.42. The van der Waals surface area contributed by atoms with E-state index in [1.807, 2.05) is 30.3 Å². The highest BCUT2D eigenvalue weighted by molar-refractivity contribution is 7.99. The van der Waals surface area contributed by atoms with Crippen LogP contribution in [0.3, 0.4) is 0 Å². The molecule has 1 saturated carbocycles. The van der Waals surface area contributed by atoms with Gasteiger partial charge in [-0.3, -0.25) is 9.89 Å². The zero-order chi connectivity index (χ0) is 20.9. The average Bonchev–Trinajstić information content (AvgIpc) is 3.51. The molecule has 1 fully saturated rings. The third-order valence-electron chi connectivity index (χ3n) is 5.91. The first-order valence-corrected chi connectivity index (χ1v) is 11.0. The minimum absolute atomic E-state index is 0.205. The summed E-state index contributed by atoms with van der Waals surface area (Å²) >= 11 is 1.41. The van der Waals surface area contributed by atoms with E-state index >= 15 is 0 Å². The lowest BCUT2D eigenvalue weighted by Gasteiger charge is -2.32. The molecule has 6 rings (SSSR count). The van der Waals surface area contributed by atoms with Crippen molar-refractivity contribution in [3.05, 3.63) is 47.9 Å². The summed E-state index contributed by atoms with van der Waals surface area (Å²) in [6.07, 6.45) is 4.01. The van der Waals surface area contributed by atoms with Crippen LogP contribution in [0.1, 0.15) is 36.5 Å². The topological polar surface area (TPSA) is 109 Å². The molecule has 3 aromatic heterocycles. The largest absolute Gasteiger partial charge is 0.497 e. The second-order valence-corrected chi connectivity index (χ2v) is 8.73. The Balaban J connectivity index is 1.33. The predicted octanol–water partition coefficient (Wildman–Crippen LogP) is 4.63. The van der Waals surface area contributed by atoms with E-state index in [0.717, 1.165) is 57.6 Å². The first-order valence-electron chi connectivity index (χ1n) is 10.1. The van der Waals surface area contributed by atoms with Crippen molar-refractivity contribution in [3.63, 3.8) is 0 Å². The maximum absolute atomic E-state index is 12.8. The van der Waals surface area contributed by atoms with Crippen molar-refractivity contribution >= 4 is 40.1 Å². The molecule has 4 heterocycles. The van der Waals surface area contributed by atoms with Gasteiger partial charge in [0, 0.05) is 23.8 Å². The lowest BCUT2D eigenvalue weighted by Crippen LogP contribution is -2.36. The molecule has 9 heteroatoms. The number of hydrogen-bond acceptors (Lipinski definition) is 7. The maximum Gasteiger partial charge on any atom is 0.174 e. The lowest BCUT2D eigenvalue weighted by atomic mass is 9.72. The highest BCUT2D eigenvalue weighted by Crippen LogP contribution is 2.46. The molecule has 2 N–H and O–H groups in total. The van der Waals surface area contributed by atoms with Crippen molar-refractivity contribution in [2.75, 3.05) is 7.11 Å². The van der Waals surface area contributed by atoms with Crippen LogP contribution in [0.15, 0.2) is 56.2 Å². The molecule has 2 unspecified atom stereocenters. The Kier molecular flexibility index (Phi) is 4.24. The van der Waals surface area contributed by atoms with Gasteiger partial charge < -0.3 is 14.1 Å². The third kappa shape index (κ3) is 3.07. The molecule has 0 saturated heterocycles. The summed E-state index contributed by atoms with van der Waals surface area (Å²) in [6.45, 7) is 0. The van der Waals surface area contributed by atoms with Crippen LogP contribution in [0.25, 0.3) is 11.0 Å². The van der Waals surface area contributed by atoms with Crippen LogP contribution >= 0.6 is 11.8 Å². The summed E-state index contributed by atoms with van der Waals surface area (Å²) in [5.41, 5.74) is 3.59. The number of imidazole rings is 1. The molecule has 156 valence electrons. The Labute approximate surface area is 181 Å². The third-order valence-corrected chi connectivity index (χ3v) is 6.71. The SMILES string of the molecule is COc1ccc2nc(Sc3ccc(C4c5cn[nH]c5N=C5CCCC(=O)C54)o3)[nH]c2c1. The minimum atomic E-state index is -0.276. The van der Waals surface area contributed by atoms with E-state index in [1.165, 1.54) is 11.8 Å². The van der Waals surface area contributed by atoms with Gasteiger partial charge in [-0.15, -0.1) is 0 Å². The summed E-state index contributed by atoms with van der Waals surface area (Å²) in [5, 5.41) is 8.55. The summed E-state index contributed by atoms with van der Waals surface area (Å²) in [4.78, 5) is 25.4. The zero-order valence-corrected chi connectivity index (χ0v) is 17.5. The van der Waals surface area contributed by atoms with Crippen LogP contribution in [-0.4, -0.2) is 38.8 Å². The number of ketones is 1. The molecule has 8 nitrogen and oxygen atoms in total. The van der Waals surface area contributed by atoms with Crippen LogP contribution < -0.4 is 4.74 Å². The van der Waals surface area contributed by atoms with E-state index in [9.17, 15) is 4.79 Å². The number of furan rings is 1. The summed E-state index contributed by atoms with van der Waals surface area (Å²) < 4.78 is 11.5. The normalized spacial score (nSPS) is 20.4. The Bertz CT molecular complexity index is 1330. The van der Waals surface area contributed by atoms with Gasteiger partial charge in [0.05, 0.1) is 36.2 Å². The number of carbonyl (C=O) groups excluding carboxylic acids is 1. The number of benzene rings is 1. The van der Waals surface area contributed by atoms with Gasteiger partial charge >= 0.3 is 0 Å². The first kappa shape index (κ1) is 18.4. The Morgan fingerprint density at radius 3 is 3.03 bits per heavy atom. The smallest absolute Gasteiger partial charge is 0.174 e. The first-order chi connectivity index (χ1) is 15.2. The van der Waals surface area contributed by atoms with Crippen molar-refractivity contribution in [3.8, 4) is 5.75 Å². The van der Waals surface area contributed by atoms with Gasteiger partial charge in [0.15, 0.2) is 16.1 Å². The fraction of sp³-hybridized carbons (Fsp3) is 0.273. The molecule has 4 aromatic rings. The number of methoxy groups -OCH3 is 1. The summed E-state index contributed by atoms with van der Waals surface area (Å²) in [6, 6.07) is 9.58. The van der Waals surface area contributed by atoms with E-state index in [4.69, 9.17) is 9.15 Å². The van der Waals surface area contributed by atoms with Gasteiger partial charge in [-0.1, -0.05) is 0 Å². The van der Waals surface area contributed by atoms with E-state index in [0.29, 0.717) is 11.5 Å². The van der Waals surface area contributed by atoms with Gasteiger partial charge in [0.2, 0.25) is 0 Å². The maximum atomic E-state index is 12.8. The minimum Gasteiger partial charge on any atom is -0.497 e. The van der Waals surface area contributed by atoms with Crippen LogP contribution in [0.5, 0.6) is 5.75 Å². The number of H-pyrrole nitrogens is 2. The number of aromatic nitrogens is 4. The summed E-state index contributed by atoms with van der Waals surface area (Å²) in [5.74, 6) is 1.98. The molecule has 0 radical (unpaired) electrons. The van der Waals surface area contributed by atoms with Crippen molar-refractivity contribution in [2.24, 2.45) is 10.9 Å². The van der Waals surface area contributed by atoms with Crippen molar-refractivity contribution < 1.29 is 13.9 Å². The number of hydrogen-bond donors (Lipinski definition) is 2. The second-order valence-electron chi connectivity index (χ2n) is 7.74. The summed E-state index contributed by atoms with van der Waals surface area (Å²) in [7, 11) is 1.64. The fourth-order valence-corrected chi connectivity index (χ4v) is 5.25. The van der Waals surface area contributed by atoms with Crippen molar-refractivity contribution in [2.45, 2.75) is 35.4 Å². The zero-order valence-electron chi connectivity index (χ0n) is 16.7. The van der Waals surface area contributed by atoms with Crippen LogP contribution in [0.4, 0.5) is 5.82 Å². The van der Waals surface area contributed by atoms with E-state index < -0.39 is 0 Å². The Morgan fingerprint density at radius 1 is 1.19 bits per heavy atom. The number of ether oxygens (including phenoxy) is 1. The Hall–Kier alpha value is -3.33. The number of nitrogens with one attached hydrogen (secondary N) is 2. The molecule has 2 aliphatic rings. The van der Waals surface area contributed by atoms with Gasteiger partial charge in [-0.2, -0.15) is 5.10 Å². The molecule has 0 spiro atoms. The molecule has 1 aliphatic carbocycles. The molecular formula is C22H19N5O3S. The van der Waals surface area contributed by atoms with Gasteiger partial charge in [-0.05, 0) is 48.9 Å². The number of nitrogens with zero attached hydrogens (tertiary/aromatic N) is 3. The van der Waals surface area contributed by atoms with Crippen molar-refractivity contribution in [1.82, 2.24) is 20.2 Å². The van der Waals surface area contributed by atoms with Crippen LogP contribution in [0, 0.1) is 5.92 Å². The van der Waals surface area contributed by atoms with E-state index in [2.05, 4.69) is 25.2 Å². The van der Waals surface area contributed by atoms with Gasteiger partial charge in [0.1, 0.15) is 17.3 Å². The number of rotatable bonds is 4. The van der Waals surface area contributed by atoms with Gasteiger partial charge in [-0.25, -0.2) is 9.98 Å². The van der Waals surface area contributed by atoms with Crippen LogP contribution in [0.2, 0.25) is 0 Å². The van der Waals surface area contributed by atoms with E-state index in [1.54, 1.807) is 13.3 Å². The molecule has 1 aromatic carbocycles. The average molecular weight is 433 g/mol. The quantitative estimate of drug-likeness (QED) is 0.486. The Morgan fingerprint density at radius 2 is 2.13 bits per heavy atom. The molecule has 1 aliphatic heterocycles.